The fourth-order valence-electron chi connectivity index (χ4n) is 3.57. The van der Waals surface area contributed by atoms with Gasteiger partial charge in [-0.05, 0) is 48.9 Å². The van der Waals surface area contributed by atoms with Crippen LogP contribution in [-0.2, 0) is 0 Å². The molecule has 0 atom stereocenters. The van der Waals surface area contributed by atoms with Crippen molar-refractivity contribution in [1.29, 1.82) is 0 Å². The molecule has 2 aromatic rings. The lowest BCUT2D eigenvalue weighted by Gasteiger charge is -2.37. The molecule has 172 valence electrons. The maximum absolute atomic E-state index is 11.1. The molecule has 0 aromatic heterocycles. The van der Waals surface area contributed by atoms with Gasteiger partial charge < -0.3 is 19.6 Å². The highest BCUT2D eigenvalue weighted by Crippen LogP contribution is 2.29. The average Bonchev–Trinajstić information content (AvgIpc) is 2.74. The van der Waals surface area contributed by atoms with Crippen molar-refractivity contribution in [2.24, 2.45) is 0 Å². The third kappa shape index (κ3) is 7.67. The number of hydrogen-bond donors (Lipinski definition) is 1. The normalized spacial score (nSPS) is 13.2. The van der Waals surface area contributed by atoms with Crippen molar-refractivity contribution in [2.75, 3.05) is 42.6 Å². The molecule has 0 bridgehead atoms. The first-order valence-electron chi connectivity index (χ1n) is 10.3. The lowest BCUT2D eigenvalue weighted by Crippen LogP contribution is -2.46. The summed E-state index contributed by atoms with van der Waals surface area (Å²) in [6.07, 6.45) is 4.83. The van der Waals surface area contributed by atoms with Crippen LogP contribution in [0, 0.1) is 0 Å². The predicted octanol–water partition coefficient (Wildman–Crippen LogP) is 6.17. The molecule has 0 spiro atoms. The van der Waals surface area contributed by atoms with Crippen LogP contribution >= 0.6 is 36.4 Å². The van der Waals surface area contributed by atoms with Gasteiger partial charge in [0.25, 0.3) is 0 Å². The van der Waals surface area contributed by atoms with Crippen LogP contribution in [0.4, 0.5) is 11.4 Å². The minimum atomic E-state index is -0.961. The number of anilines is 2. The Balaban J connectivity index is 0.00000240. The monoisotopic (exact) mass is 488 g/mol. The number of carboxylic acids is 1. The summed E-state index contributed by atoms with van der Waals surface area (Å²) < 4.78 is 5.83. The zero-order valence-electron chi connectivity index (χ0n) is 17.8. The summed E-state index contributed by atoms with van der Waals surface area (Å²) in [5.41, 5.74) is 2.29. The van der Waals surface area contributed by atoms with Crippen LogP contribution in [0.3, 0.4) is 0 Å². The highest BCUT2D eigenvalue weighted by atomic mass is 35.5. The Kier molecular flexibility index (Phi) is 11.9. The molecule has 1 heterocycles. The summed E-state index contributed by atoms with van der Waals surface area (Å²) in [6.45, 7) is 6.43. The molecule has 1 saturated heterocycles. The molecule has 0 radical (unpaired) electrons. The number of nitrogens with zero attached hydrogens (tertiary/aromatic N) is 2. The summed E-state index contributed by atoms with van der Waals surface area (Å²) in [6, 6.07) is 13.3. The van der Waals surface area contributed by atoms with E-state index in [0.717, 1.165) is 50.6 Å². The topological polar surface area (TPSA) is 53.0 Å². The molecule has 8 heteroatoms. The van der Waals surface area contributed by atoms with E-state index in [1.807, 2.05) is 12.1 Å². The standard InChI is InChI=1S/C23H29ClN2O3.2ClH/c1-2-3-4-5-16-29-20-9-7-19(8-10-20)25-12-14-26(15-13-25)22-11-6-18(23(27)28)17-21(22)24;;/h6-11,17H,2-5,12-16H2,1H3,(H,27,28);2*1H. The third-order valence-corrected chi connectivity index (χ3v) is 5.59. The molecule has 2 aromatic carbocycles. The fraction of sp³-hybridized carbons (Fsp3) is 0.435. The zero-order valence-corrected chi connectivity index (χ0v) is 20.1. The number of carboxylic acid groups (broad SMARTS) is 1. The Morgan fingerprint density at radius 3 is 2.19 bits per heavy atom. The van der Waals surface area contributed by atoms with Crippen molar-refractivity contribution in [2.45, 2.75) is 32.6 Å². The molecular weight excluding hydrogens is 459 g/mol. The number of rotatable bonds is 9. The minimum absolute atomic E-state index is 0. The van der Waals surface area contributed by atoms with Gasteiger partial charge in [-0.3, -0.25) is 0 Å². The fourth-order valence-corrected chi connectivity index (χ4v) is 3.87. The number of benzene rings is 2. The van der Waals surface area contributed by atoms with Crippen LogP contribution in [0.2, 0.25) is 5.02 Å². The largest absolute Gasteiger partial charge is 0.494 e. The van der Waals surface area contributed by atoms with E-state index in [2.05, 4.69) is 28.9 Å². The molecule has 1 aliphatic heterocycles. The summed E-state index contributed by atoms with van der Waals surface area (Å²) >= 11 is 6.31. The van der Waals surface area contributed by atoms with Crippen molar-refractivity contribution in [1.82, 2.24) is 0 Å². The highest BCUT2D eigenvalue weighted by molar-refractivity contribution is 6.33. The van der Waals surface area contributed by atoms with Crippen LogP contribution < -0.4 is 14.5 Å². The number of aromatic carboxylic acids is 1. The number of carbonyl (C=O) groups is 1. The van der Waals surface area contributed by atoms with Gasteiger partial charge in [-0.25, -0.2) is 4.79 Å². The number of unbranched alkanes of at least 4 members (excludes halogenated alkanes) is 3. The van der Waals surface area contributed by atoms with E-state index in [-0.39, 0.29) is 30.4 Å². The maximum atomic E-state index is 11.1. The Hall–Kier alpha value is -1.82. The van der Waals surface area contributed by atoms with Gasteiger partial charge in [-0.1, -0.05) is 37.8 Å². The molecular formula is C23H31Cl3N2O3. The van der Waals surface area contributed by atoms with Crippen molar-refractivity contribution < 1.29 is 14.6 Å². The number of ether oxygens (including phenoxy) is 1. The van der Waals surface area contributed by atoms with E-state index in [4.69, 9.17) is 21.4 Å². The van der Waals surface area contributed by atoms with Gasteiger partial charge in [-0.15, -0.1) is 24.8 Å². The van der Waals surface area contributed by atoms with Gasteiger partial charge in [0.15, 0.2) is 0 Å². The van der Waals surface area contributed by atoms with Crippen LogP contribution in [0.25, 0.3) is 0 Å². The number of piperazine rings is 1. The second-order valence-corrected chi connectivity index (χ2v) is 7.76. The molecule has 0 aliphatic carbocycles. The number of hydrogen-bond acceptors (Lipinski definition) is 4. The van der Waals surface area contributed by atoms with Crippen molar-refractivity contribution in [3.63, 3.8) is 0 Å². The zero-order chi connectivity index (χ0) is 20.6. The van der Waals surface area contributed by atoms with Crippen molar-refractivity contribution >= 4 is 53.8 Å². The van der Waals surface area contributed by atoms with Gasteiger partial charge in [0, 0.05) is 31.9 Å². The van der Waals surface area contributed by atoms with E-state index in [1.165, 1.54) is 31.0 Å². The lowest BCUT2D eigenvalue weighted by atomic mass is 10.1. The van der Waals surface area contributed by atoms with E-state index < -0.39 is 5.97 Å². The van der Waals surface area contributed by atoms with Crippen LogP contribution in [0.5, 0.6) is 5.75 Å². The molecule has 5 nitrogen and oxygen atoms in total. The summed E-state index contributed by atoms with van der Waals surface area (Å²) in [7, 11) is 0. The SMILES string of the molecule is CCCCCCOc1ccc(N2CCN(c3ccc(C(=O)O)cc3Cl)CC2)cc1.Cl.Cl. The first-order valence-corrected chi connectivity index (χ1v) is 10.7. The van der Waals surface area contributed by atoms with Gasteiger partial charge in [-0.2, -0.15) is 0 Å². The Morgan fingerprint density at radius 1 is 0.968 bits per heavy atom. The predicted molar refractivity (Wildman–Crippen MR) is 133 cm³/mol. The molecule has 0 amide bonds. The maximum Gasteiger partial charge on any atom is 0.335 e. The van der Waals surface area contributed by atoms with Crippen LogP contribution in [0.1, 0.15) is 43.0 Å². The van der Waals surface area contributed by atoms with Crippen LogP contribution in [-0.4, -0.2) is 43.9 Å². The van der Waals surface area contributed by atoms with E-state index >= 15 is 0 Å². The molecule has 1 N–H and O–H groups in total. The second kappa shape index (κ2) is 13.6. The van der Waals surface area contributed by atoms with Crippen LogP contribution in [0.15, 0.2) is 42.5 Å². The van der Waals surface area contributed by atoms with Crippen molar-refractivity contribution in [3.8, 4) is 5.75 Å². The quantitative estimate of drug-likeness (QED) is 0.427. The highest BCUT2D eigenvalue weighted by Gasteiger charge is 2.20. The smallest absolute Gasteiger partial charge is 0.335 e. The molecule has 0 saturated carbocycles. The third-order valence-electron chi connectivity index (χ3n) is 5.28. The summed E-state index contributed by atoms with van der Waals surface area (Å²) in [5, 5.41) is 9.57. The minimum Gasteiger partial charge on any atom is -0.494 e. The Bertz CT molecular complexity index is 810. The molecule has 31 heavy (non-hydrogen) atoms. The first kappa shape index (κ1) is 27.2. The summed E-state index contributed by atoms with van der Waals surface area (Å²) in [5.74, 6) is -0.0363. The van der Waals surface area contributed by atoms with E-state index in [0.29, 0.717) is 5.02 Å². The lowest BCUT2D eigenvalue weighted by molar-refractivity contribution is 0.0697. The molecule has 1 fully saturated rings. The molecule has 1 aliphatic rings. The first-order chi connectivity index (χ1) is 14.1. The Labute approximate surface area is 202 Å². The van der Waals surface area contributed by atoms with Gasteiger partial charge in [0.2, 0.25) is 0 Å². The summed E-state index contributed by atoms with van der Waals surface area (Å²) in [4.78, 5) is 15.6. The Morgan fingerprint density at radius 2 is 1.61 bits per heavy atom. The van der Waals surface area contributed by atoms with Gasteiger partial charge in [0.1, 0.15) is 5.75 Å². The molecule has 3 rings (SSSR count). The average molecular weight is 490 g/mol. The van der Waals surface area contributed by atoms with E-state index in [9.17, 15) is 4.79 Å². The number of halogens is 3. The van der Waals surface area contributed by atoms with Gasteiger partial charge in [0.05, 0.1) is 22.9 Å². The van der Waals surface area contributed by atoms with E-state index in [1.54, 1.807) is 12.1 Å². The molecule has 0 unspecified atom stereocenters. The second-order valence-electron chi connectivity index (χ2n) is 7.35. The van der Waals surface area contributed by atoms with Crippen molar-refractivity contribution in [3.05, 3.63) is 53.1 Å². The van der Waals surface area contributed by atoms with Gasteiger partial charge >= 0.3 is 5.97 Å².